The highest BCUT2D eigenvalue weighted by atomic mass is 35.5. The van der Waals surface area contributed by atoms with Crippen LogP contribution in [0, 0.1) is 5.92 Å². The zero-order valence-corrected chi connectivity index (χ0v) is 9.11. The normalized spacial score (nSPS) is 27.1. The van der Waals surface area contributed by atoms with E-state index < -0.39 is 0 Å². The van der Waals surface area contributed by atoms with Crippen molar-refractivity contribution in [3.05, 3.63) is 0 Å². The van der Waals surface area contributed by atoms with Gasteiger partial charge in [0.25, 0.3) is 0 Å². The van der Waals surface area contributed by atoms with E-state index in [0.717, 1.165) is 45.4 Å². The average Bonchev–Trinajstić information content (AvgIpc) is 2.71. The first-order chi connectivity index (χ1) is 6.38. The van der Waals surface area contributed by atoms with Gasteiger partial charge in [-0.25, -0.2) is 5.43 Å². The molecule has 2 rings (SSSR count). The van der Waals surface area contributed by atoms with E-state index in [2.05, 4.69) is 10.7 Å². The van der Waals surface area contributed by atoms with Crippen LogP contribution in [0.25, 0.3) is 0 Å². The van der Waals surface area contributed by atoms with Gasteiger partial charge in [-0.05, 0) is 25.8 Å². The Morgan fingerprint density at radius 1 is 1.29 bits per heavy atom. The Hall–Kier alpha value is -0.320. The van der Waals surface area contributed by atoms with Gasteiger partial charge in [0.05, 0.1) is 5.92 Å². The van der Waals surface area contributed by atoms with E-state index in [0.29, 0.717) is 0 Å². The van der Waals surface area contributed by atoms with Crippen LogP contribution in [-0.2, 0) is 4.79 Å². The van der Waals surface area contributed by atoms with Gasteiger partial charge < -0.3 is 5.32 Å². The van der Waals surface area contributed by atoms with E-state index in [4.69, 9.17) is 0 Å². The lowest BCUT2D eigenvalue weighted by Crippen LogP contribution is -2.45. The van der Waals surface area contributed by atoms with Gasteiger partial charge in [0.15, 0.2) is 0 Å². The van der Waals surface area contributed by atoms with E-state index in [-0.39, 0.29) is 24.2 Å². The second-order valence-corrected chi connectivity index (χ2v) is 3.79. The van der Waals surface area contributed by atoms with Crippen molar-refractivity contribution in [1.82, 2.24) is 15.8 Å². The molecule has 2 N–H and O–H groups in total. The number of hydrogen-bond acceptors (Lipinski definition) is 3. The molecule has 5 heteroatoms. The molecule has 0 unspecified atom stereocenters. The van der Waals surface area contributed by atoms with Gasteiger partial charge in [-0.15, -0.1) is 12.4 Å². The number of nitrogens with one attached hydrogen (secondary N) is 2. The Morgan fingerprint density at radius 2 is 2.14 bits per heavy atom. The van der Waals surface area contributed by atoms with Gasteiger partial charge in [-0.2, -0.15) is 0 Å². The zero-order chi connectivity index (χ0) is 9.10. The Balaban J connectivity index is 0.000000980. The number of hydrogen-bond donors (Lipinski definition) is 2. The van der Waals surface area contributed by atoms with Crippen LogP contribution in [-0.4, -0.2) is 37.1 Å². The third-order valence-electron chi connectivity index (χ3n) is 2.77. The SMILES string of the molecule is Cl.O=C([C@@H]1CCCNC1)N1CCCN1. The lowest BCUT2D eigenvalue weighted by atomic mass is 9.99. The molecule has 1 amide bonds. The number of amides is 1. The number of nitrogens with zero attached hydrogens (tertiary/aromatic N) is 1. The molecule has 0 aliphatic carbocycles. The molecule has 0 spiro atoms. The third-order valence-corrected chi connectivity index (χ3v) is 2.77. The van der Waals surface area contributed by atoms with Gasteiger partial charge in [-0.3, -0.25) is 9.80 Å². The predicted molar refractivity (Wildman–Crippen MR) is 57.2 cm³/mol. The summed E-state index contributed by atoms with van der Waals surface area (Å²) in [5.41, 5.74) is 3.11. The highest BCUT2D eigenvalue weighted by Gasteiger charge is 2.27. The third kappa shape index (κ3) is 2.59. The molecule has 0 aromatic carbocycles. The van der Waals surface area contributed by atoms with E-state index in [1.807, 2.05) is 0 Å². The van der Waals surface area contributed by atoms with Gasteiger partial charge in [0, 0.05) is 19.6 Å². The summed E-state index contributed by atoms with van der Waals surface area (Å²) in [6.07, 6.45) is 3.26. The lowest BCUT2D eigenvalue weighted by molar-refractivity contribution is -0.137. The van der Waals surface area contributed by atoms with E-state index in [1.165, 1.54) is 0 Å². The van der Waals surface area contributed by atoms with Crippen LogP contribution >= 0.6 is 12.4 Å². The fourth-order valence-electron chi connectivity index (χ4n) is 2.00. The van der Waals surface area contributed by atoms with Crippen LogP contribution in [0.2, 0.25) is 0 Å². The molecular formula is C9H18ClN3O. The van der Waals surface area contributed by atoms with Gasteiger partial charge in [0.1, 0.15) is 0 Å². The topological polar surface area (TPSA) is 44.4 Å². The molecule has 0 radical (unpaired) electrons. The summed E-state index contributed by atoms with van der Waals surface area (Å²) in [6, 6.07) is 0. The molecule has 82 valence electrons. The van der Waals surface area contributed by atoms with Crippen molar-refractivity contribution in [2.24, 2.45) is 5.92 Å². The summed E-state index contributed by atoms with van der Waals surface area (Å²) < 4.78 is 0. The van der Waals surface area contributed by atoms with Crippen molar-refractivity contribution in [3.8, 4) is 0 Å². The molecule has 2 fully saturated rings. The molecule has 14 heavy (non-hydrogen) atoms. The van der Waals surface area contributed by atoms with Crippen molar-refractivity contribution in [2.45, 2.75) is 19.3 Å². The number of carbonyl (C=O) groups excluding carboxylic acids is 1. The van der Waals surface area contributed by atoms with Crippen molar-refractivity contribution < 1.29 is 4.79 Å². The molecule has 2 saturated heterocycles. The molecule has 2 aliphatic heterocycles. The molecule has 0 aromatic heterocycles. The van der Waals surface area contributed by atoms with Crippen LogP contribution in [0.1, 0.15) is 19.3 Å². The predicted octanol–water partition coefficient (Wildman–Crippen LogP) is 0.145. The number of piperidine rings is 1. The standard InChI is InChI=1S/C9H17N3O.ClH/c13-9(12-6-2-5-11-12)8-3-1-4-10-7-8;/h8,10-11H,1-7H2;1H/t8-;/m1./s1. The number of carbonyl (C=O) groups is 1. The molecule has 0 saturated carbocycles. The van der Waals surface area contributed by atoms with Crippen molar-refractivity contribution in [2.75, 3.05) is 26.2 Å². The molecule has 2 aliphatic rings. The van der Waals surface area contributed by atoms with Crippen LogP contribution in [0.5, 0.6) is 0 Å². The van der Waals surface area contributed by atoms with Crippen molar-refractivity contribution in [3.63, 3.8) is 0 Å². The molecule has 0 bridgehead atoms. The maximum absolute atomic E-state index is 11.8. The van der Waals surface area contributed by atoms with E-state index >= 15 is 0 Å². The fourth-order valence-corrected chi connectivity index (χ4v) is 2.00. The summed E-state index contributed by atoms with van der Waals surface area (Å²) in [4.78, 5) is 11.8. The first-order valence-electron chi connectivity index (χ1n) is 5.13. The number of hydrazine groups is 1. The first kappa shape index (κ1) is 11.8. The Morgan fingerprint density at radius 3 is 2.71 bits per heavy atom. The zero-order valence-electron chi connectivity index (χ0n) is 8.29. The van der Waals surface area contributed by atoms with Gasteiger partial charge in [0.2, 0.25) is 5.91 Å². The van der Waals surface area contributed by atoms with Crippen molar-refractivity contribution in [1.29, 1.82) is 0 Å². The molecule has 0 aromatic rings. The fraction of sp³-hybridized carbons (Fsp3) is 0.889. The van der Waals surface area contributed by atoms with E-state index in [1.54, 1.807) is 5.01 Å². The van der Waals surface area contributed by atoms with Crippen LogP contribution in [0.3, 0.4) is 0 Å². The summed E-state index contributed by atoms with van der Waals surface area (Å²) in [7, 11) is 0. The maximum atomic E-state index is 11.8. The highest BCUT2D eigenvalue weighted by Crippen LogP contribution is 2.13. The Bertz CT molecular complexity index is 188. The maximum Gasteiger partial charge on any atom is 0.241 e. The monoisotopic (exact) mass is 219 g/mol. The summed E-state index contributed by atoms with van der Waals surface area (Å²) in [6.45, 7) is 3.76. The summed E-state index contributed by atoms with van der Waals surface area (Å²) in [5.74, 6) is 0.490. The smallest absolute Gasteiger partial charge is 0.241 e. The quantitative estimate of drug-likeness (QED) is 0.660. The largest absolute Gasteiger partial charge is 0.316 e. The Labute approximate surface area is 90.8 Å². The molecule has 4 nitrogen and oxygen atoms in total. The number of rotatable bonds is 1. The second-order valence-electron chi connectivity index (χ2n) is 3.79. The van der Waals surface area contributed by atoms with Crippen LogP contribution in [0.15, 0.2) is 0 Å². The second kappa shape index (κ2) is 5.53. The van der Waals surface area contributed by atoms with Crippen LogP contribution < -0.4 is 10.7 Å². The molecule has 2 heterocycles. The first-order valence-corrected chi connectivity index (χ1v) is 5.13. The molecular weight excluding hydrogens is 202 g/mol. The minimum Gasteiger partial charge on any atom is -0.316 e. The van der Waals surface area contributed by atoms with Gasteiger partial charge in [-0.1, -0.05) is 0 Å². The minimum atomic E-state index is 0. The lowest BCUT2D eigenvalue weighted by Gasteiger charge is -2.26. The minimum absolute atomic E-state index is 0. The number of halogens is 1. The van der Waals surface area contributed by atoms with Crippen LogP contribution in [0.4, 0.5) is 0 Å². The highest BCUT2D eigenvalue weighted by molar-refractivity contribution is 5.85. The van der Waals surface area contributed by atoms with Gasteiger partial charge >= 0.3 is 0 Å². The van der Waals surface area contributed by atoms with E-state index in [9.17, 15) is 4.79 Å². The van der Waals surface area contributed by atoms with Crippen molar-refractivity contribution >= 4 is 18.3 Å². The summed E-state index contributed by atoms with van der Waals surface area (Å²) >= 11 is 0. The summed E-state index contributed by atoms with van der Waals surface area (Å²) in [5, 5.41) is 5.05. The molecule has 1 atom stereocenters. The Kier molecular flexibility index (Phi) is 4.65. The average molecular weight is 220 g/mol.